The molecule has 4 N–H and O–H groups in total. The first-order valence-corrected chi connectivity index (χ1v) is 17.6. The molecular weight excluding hydrogens is 674 g/mol. The Morgan fingerprint density at radius 1 is 1.02 bits per heavy atom. The van der Waals surface area contributed by atoms with Gasteiger partial charge in [0.1, 0.15) is 35.8 Å². The number of anilines is 3. The maximum absolute atomic E-state index is 13.7. The smallest absolute Gasteiger partial charge is 0.408 e. The van der Waals surface area contributed by atoms with Crippen LogP contribution in [-0.4, -0.2) is 107 Å². The number of nitrogens with zero attached hydrogens (tertiary/aromatic N) is 7. The van der Waals surface area contributed by atoms with Gasteiger partial charge in [0, 0.05) is 69.2 Å². The van der Waals surface area contributed by atoms with Gasteiger partial charge in [0.2, 0.25) is 11.9 Å². The van der Waals surface area contributed by atoms with E-state index in [0.717, 1.165) is 37.0 Å². The first kappa shape index (κ1) is 38.4. The molecule has 1 unspecified atom stereocenters. The van der Waals surface area contributed by atoms with Crippen LogP contribution in [0.4, 0.5) is 31.0 Å². The lowest BCUT2D eigenvalue weighted by Gasteiger charge is -2.39. The van der Waals surface area contributed by atoms with E-state index in [1.165, 1.54) is 12.1 Å². The van der Waals surface area contributed by atoms with Crippen LogP contribution in [0.3, 0.4) is 0 Å². The zero-order valence-electron chi connectivity index (χ0n) is 30.7. The Labute approximate surface area is 303 Å². The third-order valence-corrected chi connectivity index (χ3v) is 8.68. The number of benzene rings is 1. The summed E-state index contributed by atoms with van der Waals surface area (Å²) in [4.78, 5) is 40.3. The van der Waals surface area contributed by atoms with Gasteiger partial charge in [-0.2, -0.15) is 15.1 Å². The van der Waals surface area contributed by atoms with Gasteiger partial charge in [-0.15, -0.1) is 0 Å². The molecule has 16 heteroatoms. The number of nitrogens with two attached hydrogens (primary N) is 1. The highest BCUT2D eigenvalue weighted by atomic mass is 19.1. The molecule has 0 bridgehead atoms. The number of amides is 2. The zero-order chi connectivity index (χ0) is 37.6. The van der Waals surface area contributed by atoms with Gasteiger partial charge in [0.05, 0.1) is 18.0 Å². The lowest BCUT2D eigenvalue weighted by Crippen LogP contribution is -2.54. The topological polar surface area (TPSA) is 156 Å². The summed E-state index contributed by atoms with van der Waals surface area (Å²) in [5, 5.41) is 9.98. The van der Waals surface area contributed by atoms with Crippen molar-refractivity contribution in [3.63, 3.8) is 0 Å². The number of hydrogen-bond acceptors (Lipinski definition) is 11. The fraction of sp³-hybridized carbons (Fsp3) is 0.528. The molecular formula is C36H50F2N10O4. The third-order valence-electron chi connectivity index (χ3n) is 8.68. The Balaban J connectivity index is 1.09. The molecule has 5 rings (SSSR count). The minimum atomic E-state index is -0.745. The summed E-state index contributed by atoms with van der Waals surface area (Å²) in [7, 11) is 0. The lowest BCUT2D eigenvalue weighted by atomic mass is 10.0. The van der Waals surface area contributed by atoms with E-state index in [1.54, 1.807) is 31.6 Å². The maximum atomic E-state index is 13.7. The Morgan fingerprint density at radius 3 is 2.35 bits per heavy atom. The number of nitrogens with one attached hydrogen (secondary N) is 2. The second-order valence-corrected chi connectivity index (χ2v) is 14.6. The van der Waals surface area contributed by atoms with Gasteiger partial charge in [-0.1, -0.05) is 26.0 Å². The quantitative estimate of drug-likeness (QED) is 0.220. The molecule has 52 heavy (non-hydrogen) atoms. The number of carbonyl (C=O) groups excluding carboxylic acids is 2. The van der Waals surface area contributed by atoms with Crippen LogP contribution in [0.1, 0.15) is 52.3 Å². The van der Waals surface area contributed by atoms with Crippen molar-refractivity contribution in [1.29, 1.82) is 0 Å². The summed E-state index contributed by atoms with van der Waals surface area (Å²) in [6, 6.07) is 4.70. The van der Waals surface area contributed by atoms with E-state index in [-0.39, 0.29) is 30.6 Å². The summed E-state index contributed by atoms with van der Waals surface area (Å²) < 4.78 is 40.2. The summed E-state index contributed by atoms with van der Waals surface area (Å²) in [6.45, 7) is 15.9. The molecule has 0 spiro atoms. The van der Waals surface area contributed by atoms with Crippen LogP contribution in [0, 0.1) is 24.5 Å². The summed E-state index contributed by atoms with van der Waals surface area (Å²) >= 11 is 0. The van der Waals surface area contributed by atoms with Crippen molar-refractivity contribution < 1.29 is 27.8 Å². The van der Waals surface area contributed by atoms with Crippen molar-refractivity contribution in [3.05, 3.63) is 59.4 Å². The SMILES string of the molecule is Cc1c(/C=C/CN2CCN(c3cc(F)cc(F)c3)CC2)cnn1-c1cc(N2CC(OCNC(=O)C(CC(C)C)NC(=O)OC(C)(C)C)C2)nc(N)n1. The Kier molecular flexibility index (Phi) is 12.3. The molecule has 4 heterocycles. The Morgan fingerprint density at radius 2 is 1.69 bits per heavy atom. The van der Waals surface area contributed by atoms with Crippen LogP contribution >= 0.6 is 0 Å². The second kappa shape index (κ2) is 16.7. The Hall–Kier alpha value is -4.83. The van der Waals surface area contributed by atoms with Crippen molar-refractivity contribution in [2.24, 2.45) is 5.92 Å². The van der Waals surface area contributed by atoms with Gasteiger partial charge >= 0.3 is 6.09 Å². The Bertz CT molecular complexity index is 1710. The van der Waals surface area contributed by atoms with E-state index in [4.69, 9.17) is 15.2 Å². The molecule has 1 aromatic carbocycles. The number of alkyl carbamates (subject to hydrolysis) is 1. The number of carbonyl (C=O) groups is 2. The molecule has 2 saturated heterocycles. The predicted molar refractivity (Wildman–Crippen MR) is 195 cm³/mol. The van der Waals surface area contributed by atoms with E-state index >= 15 is 0 Å². The zero-order valence-corrected chi connectivity index (χ0v) is 30.7. The molecule has 282 valence electrons. The van der Waals surface area contributed by atoms with Crippen molar-refractivity contribution in [2.75, 3.05) is 68.1 Å². The fourth-order valence-electron chi connectivity index (χ4n) is 6.00. The molecule has 3 aromatic rings. The standard InChI is InChI=1S/C36H50F2N10O4/c1-23(2)14-30(42-35(50)52-36(4,5)6)33(49)40-22-51-29-20-47(21-29)31-18-32(44-34(39)43-31)48-24(3)25(19-41-48)8-7-9-45-10-12-46(13-11-45)28-16-26(37)15-27(38)17-28/h7-8,15-19,23,29-30H,9-14,20-22H2,1-6H3,(H,40,49)(H,42,50)(H2,39,43,44)/b8-7+. The summed E-state index contributed by atoms with van der Waals surface area (Å²) in [6.07, 6.45) is 5.55. The van der Waals surface area contributed by atoms with Gasteiger partial charge in [-0.05, 0) is 52.2 Å². The van der Waals surface area contributed by atoms with E-state index in [2.05, 4.69) is 36.7 Å². The highest BCUT2D eigenvalue weighted by molar-refractivity contribution is 5.85. The van der Waals surface area contributed by atoms with Gasteiger partial charge in [0.15, 0.2) is 5.82 Å². The predicted octanol–water partition coefficient (Wildman–Crippen LogP) is 3.88. The van der Waals surface area contributed by atoms with E-state index < -0.39 is 29.4 Å². The van der Waals surface area contributed by atoms with Crippen molar-refractivity contribution >= 4 is 35.5 Å². The first-order valence-electron chi connectivity index (χ1n) is 17.6. The highest BCUT2D eigenvalue weighted by Crippen LogP contribution is 2.25. The van der Waals surface area contributed by atoms with E-state index in [9.17, 15) is 18.4 Å². The van der Waals surface area contributed by atoms with Crippen LogP contribution in [0.2, 0.25) is 0 Å². The number of aromatic nitrogens is 4. The second-order valence-electron chi connectivity index (χ2n) is 14.6. The van der Waals surface area contributed by atoms with Crippen LogP contribution < -0.4 is 26.2 Å². The molecule has 0 aliphatic carbocycles. The van der Waals surface area contributed by atoms with Gasteiger partial charge in [-0.3, -0.25) is 9.69 Å². The fourth-order valence-corrected chi connectivity index (χ4v) is 6.00. The maximum Gasteiger partial charge on any atom is 0.408 e. The van der Waals surface area contributed by atoms with Crippen molar-refractivity contribution in [1.82, 2.24) is 35.3 Å². The minimum absolute atomic E-state index is 0.00574. The average molecular weight is 725 g/mol. The van der Waals surface area contributed by atoms with Crippen molar-refractivity contribution in [3.8, 4) is 5.82 Å². The third kappa shape index (κ3) is 10.6. The van der Waals surface area contributed by atoms with Gasteiger partial charge in [0.25, 0.3) is 0 Å². The minimum Gasteiger partial charge on any atom is -0.444 e. The van der Waals surface area contributed by atoms with Crippen LogP contribution in [-0.2, 0) is 14.3 Å². The first-order chi connectivity index (χ1) is 24.6. The molecule has 2 amide bonds. The molecule has 1 atom stereocenters. The van der Waals surface area contributed by atoms with Crippen LogP contribution in [0.15, 0.2) is 36.5 Å². The number of ether oxygens (including phenoxy) is 2. The number of halogens is 2. The van der Waals surface area contributed by atoms with Gasteiger partial charge in [-0.25, -0.2) is 18.3 Å². The van der Waals surface area contributed by atoms with Crippen LogP contribution in [0.5, 0.6) is 0 Å². The molecule has 14 nitrogen and oxygen atoms in total. The molecule has 2 aliphatic rings. The summed E-state index contributed by atoms with van der Waals surface area (Å²) in [5.74, 6) is -0.0165. The van der Waals surface area contributed by atoms with Crippen molar-refractivity contribution in [2.45, 2.75) is 65.7 Å². The molecule has 2 aromatic heterocycles. The number of hydrogen-bond donors (Lipinski definition) is 3. The highest BCUT2D eigenvalue weighted by Gasteiger charge is 2.31. The van der Waals surface area contributed by atoms with Gasteiger partial charge < -0.3 is 35.6 Å². The molecule has 2 fully saturated rings. The number of nitrogen functional groups attached to an aromatic ring is 1. The van der Waals surface area contributed by atoms with E-state index in [0.29, 0.717) is 49.9 Å². The normalized spacial score (nSPS) is 16.3. The number of piperazine rings is 1. The average Bonchev–Trinajstić information content (AvgIpc) is 3.39. The summed E-state index contributed by atoms with van der Waals surface area (Å²) in [5.41, 5.74) is 7.82. The molecule has 0 saturated carbocycles. The van der Waals surface area contributed by atoms with Crippen LogP contribution in [0.25, 0.3) is 11.9 Å². The molecule has 0 radical (unpaired) electrons. The molecule has 2 aliphatic heterocycles. The number of rotatable bonds is 13. The lowest BCUT2D eigenvalue weighted by molar-refractivity contribution is -0.126. The van der Waals surface area contributed by atoms with E-state index in [1.807, 2.05) is 42.7 Å². The largest absolute Gasteiger partial charge is 0.444 e. The monoisotopic (exact) mass is 724 g/mol.